The van der Waals surface area contributed by atoms with Gasteiger partial charge in [0, 0.05) is 0 Å². The summed E-state index contributed by atoms with van der Waals surface area (Å²) in [6, 6.07) is 0. The van der Waals surface area contributed by atoms with Gasteiger partial charge in [0.2, 0.25) is 0 Å². The van der Waals surface area contributed by atoms with E-state index in [4.69, 9.17) is 4.74 Å². The summed E-state index contributed by atoms with van der Waals surface area (Å²) in [5.74, 6) is 2.39. The molecule has 1 rings (SSSR count). The average molecular weight is 244 g/mol. The summed E-state index contributed by atoms with van der Waals surface area (Å²) in [5.41, 5.74) is 0. The lowest BCUT2D eigenvalue weighted by Crippen LogP contribution is -2.34. The molecule has 0 N–H and O–H groups in total. The van der Waals surface area contributed by atoms with E-state index in [0.29, 0.717) is 17.6 Å². The third kappa shape index (κ3) is 4.00. The molecule has 1 saturated carbocycles. The van der Waals surface area contributed by atoms with Crippen LogP contribution in [0.1, 0.15) is 40.0 Å². The molecule has 0 aromatic rings. The highest BCUT2D eigenvalue weighted by atomic mass is 32.2. The maximum Gasteiger partial charge on any atom is 0.316 e. The molecule has 3 heteroatoms. The molecule has 0 saturated heterocycles. The number of carbonyl (C=O) groups is 1. The molecule has 0 aliphatic heterocycles. The summed E-state index contributed by atoms with van der Waals surface area (Å²) < 4.78 is 5.56. The highest BCUT2D eigenvalue weighted by molar-refractivity contribution is 7.99. The zero-order valence-corrected chi connectivity index (χ0v) is 11.7. The van der Waals surface area contributed by atoms with E-state index in [2.05, 4.69) is 20.8 Å². The molecule has 0 aromatic carbocycles. The Labute approximate surface area is 104 Å². The lowest BCUT2D eigenvalue weighted by Gasteiger charge is -2.35. The molecule has 0 radical (unpaired) electrons. The highest BCUT2D eigenvalue weighted by Crippen LogP contribution is 2.35. The maximum absolute atomic E-state index is 11.5. The predicted octanol–water partition coefficient (Wildman–Crippen LogP) is 3.35. The third-order valence-electron chi connectivity index (χ3n) is 3.65. The van der Waals surface area contributed by atoms with E-state index in [9.17, 15) is 4.79 Å². The lowest BCUT2D eigenvalue weighted by atomic mass is 9.76. The Balaban J connectivity index is 2.46. The second kappa shape index (κ2) is 6.53. The van der Waals surface area contributed by atoms with Crippen LogP contribution in [0.3, 0.4) is 0 Å². The van der Waals surface area contributed by atoms with Crippen LogP contribution in [0, 0.1) is 17.8 Å². The molecule has 0 unspecified atom stereocenters. The van der Waals surface area contributed by atoms with Crippen LogP contribution in [-0.4, -0.2) is 24.1 Å². The molecular weight excluding hydrogens is 220 g/mol. The number of hydrogen-bond acceptors (Lipinski definition) is 3. The van der Waals surface area contributed by atoms with Gasteiger partial charge in [0.15, 0.2) is 0 Å². The zero-order valence-electron chi connectivity index (χ0n) is 10.9. The minimum Gasteiger partial charge on any atom is -0.461 e. The molecule has 16 heavy (non-hydrogen) atoms. The van der Waals surface area contributed by atoms with Crippen LogP contribution in [0.15, 0.2) is 0 Å². The Morgan fingerprint density at radius 1 is 1.44 bits per heavy atom. The lowest BCUT2D eigenvalue weighted by molar-refractivity contribution is -0.151. The number of hydrogen-bond donors (Lipinski definition) is 0. The molecule has 2 nitrogen and oxygen atoms in total. The van der Waals surface area contributed by atoms with E-state index >= 15 is 0 Å². The normalized spacial score (nSPS) is 30.4. The van der Waals surface area contributed by atoms with Gasteiger partial charge >= 0.3 is 5.97 Å². The zero-order chi connectivity index (χ0) is 12.1. The summed E-state index contributed by atoms with van der Waals surface area (Å²) in [5, 5.41) is 0. The minimum atomic E-state index is -0.0474. The minimum absolute atomic E-state index is 0.0474. The number of carbonyl (C=O) groups excluding carboxylic acids is 1. The van der Waals surface area contributed by atoms with Crippen molar-refractivity contribution < 1.29 is 9.53 Å². The Kier molecular flexibility index (Phi) is 5.67. The van der Waals surface area contributed by atoms with Gasteiger partial charge < -0.3 is 4.74 Å². The molecule has 0 bridgehead atoms. The van der Waals surface area contributed by atoms with Crippen molar-refractivity contribution in [2.24, 2.45) is 17.8 Å². The summed E-state index contributed by atoms with van der Waals surface area (Å²) in [6.45, 7) is 6.73. The van der Waals surface area contributed by atoms with Gasteiger partial charge in [0.05, 0.1) is 5.75 Å². The largest absolute Gasteiger partial charge is 0.461 e. The van der Waals surface area contributed by atoms with Crippen molar-refractivity contribution in [3.63, 3.8) is 0 Å². The van der Waals surface area contributed by atoms with Gasteiger partial charge in [-0.2, -0.15) is 11.8 Å². The third-order valence-corrected chi connectivity index (χ3v) is 4.17. The van der Waals surface area contributed by atoms with E-state index in [0.717, 1.165) is 12.3 Å². The van der Waals surface area contributed by atoms with E-state index in [1.807, 2.05) is 6.26 Å². The van der Waals surface area contributed by atoms with Crippen molar-refractivity contribution >= 4 is 17.7 Å². The molecular formula is C13H24O2S. The van der Waals surface area contributed by atoms with Crippen LogP contribution in [0.2, 0.25) is 0 Å². The number of ether oxygens (including phenoxy) is 1. The topological polar surface area (TPSA) is 26.3 Å². The molecule has 3 atom stereocenters. The summed E-state index contributed by atoms with van der Waals surface area (Å²) >= 11 is 1.53. The second-order valence-electron chi connectivity index (χ2n) is 5.26. The smallest absolute Gasteiger partial charge is 0.316 e. The van der Waals surface area contributed by atoms with Crippen molar-refractivity contribution in [2.45, 2.75) is 46.1 Å². The van der Waals surface area contributed by atoms with E-state index in [-0.39, 0.29) is 12.1 Å². The molecule has 1 fully saturated rings. The fourth-order valence-corrected chi connectivity index (χ4v) is 2.71. The standard InChI is InChI=1S/C13H24O2S/c1-9(2)11-6-5-10(3)12(7-11)15-13(14)8-16-4/h9-12H,5-8H2,1-4H3/t10-,11+,12+/m0/s1. The first-order chi connectivity index (χ1) is 7.54. The number of esters is 1. The Morgan fingerprint density at radius 3 is 2.69 bits per heavy atom. The van der Waals surface area contributed by atoms with Crippen molar-refractivity contribution in [1.82, 2.24) is 0 Å². The fraction of sp³-hybridized carbons (Fsp3) is 0.923. The summed E-state index contributed by atoms with van der Waals surface area (Å²) in [6.07, 6.45) is 5.62. The van der Waals surface area contributed by atoms with Crippen molar-refractivity contribution in [3.8, 4) is 0 Å². The molecule has 1 aliphatic rings. The maximum atomic E-state index is 11.5. The van der Waals surface area contributed by atoms with Crippen molar-refractivity contribution in [1.29, 1.82) is 0 Å². The van der Waals surface area contributed by atoms with Crippen LogP contribution >= 0.6 is 11.8 Å². The van der Waals surface area contributed by atoms with Crippen LogP contribution in [0.4, 0.5) is 0 Å². The molecule has 0 aromatic heterocycles. The van der Waals surface area contributed by atoms with Crippen LogP contribution in [0.25, 0.3) is 0 Å². The molecule has 0 amide bonds. The van der Waals surface area contributed by atoms with Gasteiger partial charge in [-0.05, 0) is 43.3 Å². The molecule has 94 valence electrons. The Morgan fingerprint density at radius 2 is 2.12 bits per heavy atom. The van der Waals surface area contributed by atoms with Crippen LogP contribution in [-0.2, 0) is 9.53 Å². The van der Waals surface area contributed by atoms with Crippen molar-refractivity contribution in [2.75, 3.05) is 12.0 Å². The quantitative estimate of drug-likeness (QED) is 0.709. The second-order valence-corrected chi connectivity index (χ2v) is 6.12. The predicted molar refractivity (Wildman–Crippen MR) is 69.6 cm³/mol. The monoisotopic (exact) mass is 244 g/mol. The fourth-order valence-electron chi connectivity index (χ4n) is 2.40. The number of thioether (sulfide) groups is 1. The van der Waals surface area contributed by atoms with Gasteiger partial charge in [-0.15, -0.1) is 0 Å². The average Bonchev–Trinajstić information content (AvgIpc) is 2.21. The van der Waals surface area contributed by atoms with Crippen LogP contribution in [0.5, 0.6) is 0 Å². The molecule has 0 spiro atoms. The van der Waals surface area contributed by atoms with E-state index < -0.39 is 0 Å². The Hall–Kier alpha value is -0.180. The van der Waals surface area contributed by atoms with Gasteiger partial charge in [-0.1, -0.05) is 20.8 Å². The van der Waals surface area contributed by atoms with E-state index in [1.165, 1.54) is 24.6 Å². The van der Waals surface area contributed by atoms with Gasteiger partial charge in [-0.25, -0.2) is 0 Å². The van der Waals surface area contributed by atoms with E-state index in [1.54, 1.807) is 0 Å². The van der Waals surface area contributed by atoms with Crippen LogP contribution < -0.4 is 0 Å². The molecule has 1 aliphatic carbocycles. The van der Waals surface area contributed by atoms with Gasteiger partial charge in [0.1, 0.15) is 6.10 Å². The summed E-state index contributed by atoms with van der Waals surface area (Å²) in [7, 11) is 0. The summed E-state index contributed by atoms with van der Waals surface area (Å²) in [4.78, 5) is 11.5. The first kappa shape index (κ1) is 13.9. The molecule has 0 heterocycles. The van der Waals surface area contributed by atoms with Crippen molar-refractivity contribution in [3.05, 3.63) is 0 Å². The Bertz CT molecular complexity index is 228. The highest BCUT2D eigenvalue weighted by Gasteiger charge is 2.31. The van der Waals surface area contributed by atoms with Gasteiger partial charge in [-0.3, -0.25) is 4.79 Å². The first-order valence-electron chi connectivity index (χ1n) is 6.23. The SMILES string of the molecule is CSCC(=O)O[C@@H]1C[C@H](C(C)C)CC[C@@H]1C. The number of rotatable bonds is 4. The van der Waals surface area contributed by atoms with Gasteiger partial charge in [0.25, 0.3) is 0 Å². The first-order valence-corrected chi connectivity index (χ1v) is 7.62.